The molecule has 4 amide bonds. The first-order valence-electron chi connectivity index (χ1n) is 9.24. The van der Waals surface area contributed by atoms with Gasteiger partial charge in [0.25, 0.3) is 5.91 Å². The van der Waals surface area contributed by atoms with E-state index in [1.165, 1.54) is 19.1 Å². The van der Waals surface area contributed by atoms with Crippen molar-refractivity contribution >= 4 is 40.8 Å². The molecule has 2 fully saturated rings. The average molecular weight is 436 g/mol. The molecule has 2 atom stereocenters. The van der Waals surface area contributed by atoms with Gasteiger partial charge in [0.05, 0.1) is 6.04 Å². The molecule has 0 bridgehead atoms. The number of hydrogen-bond acceptors (Lipinski definition) is 4. The first-order chi connectivity index (χ1) is 13.8. The summed E-state index contributed by atoms with van der Waals surface area (Å²) in [7, 11) is 0. The van der Waals surface area contributed by atoms with E-state index in [4.69, 9.17) is 11.6 Å². The zero-order valence-electron chi connectivity index (χ0n) is 15.7. The number of nitrogens with zero attached hydrogens (tertiary/aromatic N) is 2. The number of halogens is 2. The van der Waals surface area contributed by atoms with Gasteiger partial charge in [-0.25, -0.2) is 9.18 Å². The molecule has 29 heavy (non-hydrogen) atoms. The Labute approximate surface area is 176 Å². The minimum Gasteiger partial charge on any atom is -0.333 e. The maximum absolute atomic E-state index is 13.4. The molecular weight excluding hydrogens is 417 g/mol. The number of hydrogen-bond donors (Lipinski definition) is 1. The number of benzene rings is 1. The smallest absolute Gasteiger partial charge is 0.325 e. The second-order valence-corrected chi connectivity index (χ2v) is 8.72. The van der Waals surface area contributed by atoms with Crippen LogP contribution in [0.15, 0.2) is 35.7 Å². The number of thiophene rings is 1. The number of imide groups is 1. The van der Waals surface area contributed by atoms with Crippen LogP contribution in [0.2, 0.25) is 5.02 Å². The van der Waals surface area contributed by atoms with Crippen LogP contribution < -0.4 is 5.32 Å². The van der Waals surface area contributed by atoms with Gasteiger partial charge in [-0.3, -0.25) is 14.5 Å². The van der Waals surface area contributed by atoms with Crippen LogP contribution in [0.25, 0.3) is 0 Å². The van der Waals surface area contributed by atoms with Crippen molar-refractivity contribution in [3.63, 3.8) is 0 Å². The van der Waals surface area contributed by atoms with Crippen LogP contribution >= 0.6 is 22.9 Å². The first kappa shape index (κ1) is 19.8. The Morgan fingerprint density at radius 1 is 1.38 bits per heavy atom. The third-order valence-corrected chi connectivity index (χ3v) is 6.77. The number of likely N-dealkylation sites (tertiary alicyclic amines) is 1. The van der Waals surface area contributed by atoms with Crippen LogP contribution in [0.1, 0.15) is 36.2 Å². The lowest BCUT2D eigenvalue weighted by molar-refractivity contribution is -0.139. The normalized spacial score (nSPS) is 24.3. The summed E-state index contributed by atoms with van der Waals surface area (Å²) in [4.78, 5) is 42.2. The lowest BCUT2D eigenvalue weighted by atomic mass is 9.92. The van der Waals surface area contributed by atoms with Crippen LogP contribution in [-0.2, 0) is 15.1 Å². The molecule has 0 spiro atoms. The second-order valence-electron chi connectivity index (χ2n) is 7.33. The van der Waals surface area contributed by atoms with Crippen molar-refractivity contribution in [1.29, 1.82) is 0 Å². The number of nitrogens with one attached hydrogen (secondary N) is 1. The minimum absolute atomic E-state index is 0.0267. The highest BCUT2D eigenvalue weighted by Crippen LogP contribution is 2.36. The molecule has 1 aromatic heterocycles. The summed E-state index contributed by atoms with van der Waals surface area (Å²) in [6.45, 7) is 1.74. The molecule has 2 aromatic rings. The minimum atomic E-state index is -1.46. The summed E-state index contributed by atoms with van der Waals surface area (Å²) >= 11 is 7.70. The quantitative estimate of drug-likeness (QED) is 0.745. The summed E-state index contributed by atoms with van der Waals surface area (Å²) in [5, 5.41) is 4.60. The molecule has 1 aromatic carbocycles. The van der Waals surface area contributed by atoms with Crippen LogP contribution in [0.5, 0.6) is 0 Å². The maximum atomic E-state index is 13.4. The molecule has 3 heterocycles. The Morgan fingerprint density at radius 2 is 2.17 bits per heavy atom. The Kier molecular flexibility index (Phi) is 5.08. The van der Waals surface area contributed by atoms with E-state index in [9.17, 15) is 18.8 Å². The molecule has 0 radical (unpaired) electrons. The summed E-state index contributed by atoms with van der Waals surface area (Å²) in [5.74, 6) is -1.41. The monoisotopic (exact) mass is 435 g/mol. The third-order valence-electron chi connectivity index (χ3n) is 5.48. The summed E-state index contributed by atoms with van der Waals surface area (Å²) < 4.78 is 13.4. The van der Waals surface area contributed by atoms with Crippen molar-refractivity contribution in [3.05, 3.63) is 57.0 Å². The molecule has 4 rings (SSSR count). The van der Waals surface area contributed by atoms with E-state index < -0.39 is 23.3 Å². The fourth-order valence-electron chi connectivity index (χ4n) is 3.99. The number of carbonyl (C=O) groups excluding carboxylic acids is 3. The first-order valence-corrected chi connectivity index (χ1v) is 10.5. The van der Waals surface area contributed by atoms with Crippen molar-refractivity contribution in [2.24, 2.45) is 0 Å². The lowest BCUT2D eigenvalue weighted by Crippen LogP contribution is -2.44. The van der Waals surface area contributed by atoms with Gasteiger partial charge in [-0.1, -0.05) is 23.7 Å². The van der Waals surface area contributed by atoms with Gasteiger partial charge < -0.3 is 10.2 Å². The fourth-order valence-corrected chi connectivity index (χ4v) is 5.22. The zero-order chi connectivity index (χ0) is 20.8. The van der Waals surface area contributed by atoms with Crippen LogP contribution in [0.4, 0.5) is 9.18 Å². The molecule has 0 aliphatic carbocycles. The number of urea groups is 1. The van der Waals surface area contributed by atoms with Gasteiger partial charge in [0.2, 0.25) is 5.91 Å². The molecule has 1 N–H and O–H groups in total. The molecule has 2 unspecified atom stereocenters. The third kappa shape index (κ3) is 3.40. The average Bonchev–Trinajstić information content (AvgIpc) is 3.38. The van der Waals surface area contributed by atoms with Gasteiger partial charge >= 0.3 is 6.03 Å². The van der Waals surface area contributed by atoms with E-state index in [0.29, 0.717) is 6.54 Å². The molecule has 152 valence electrons. The highest BCUT2D eigenvalue weighted by molar-refractivity contribution is 7.10. The Balaban J connectivity index is 1.54. The van der Waals surface area contributed by atoms with Crippen molar-refractivity contribution in [2.75, 3.05) is 13.1 Å². The highest BCUT2D eigenvalue weighted by atomic mass is 35.5. The largest absolute Gasteiger partial charge is 0.333 e. The predicted octanol–water partition coefficient (Wildman–Crippen LogP) is 3.67. The van der Waals surface area contributed by atoms with Gasteiger partial charge in [-0.05, 0) is 43.3 Å². The summed E-state index contributed by atoms with van der Waals surface area (Å²) in [6, 6.07) is 6.87. The zero-order valence-corrected chi connectivity index (χ0v) is 17.2. The van der Waals surface area contributed by atoms with Gasteiger partial charge in [-0.2, -0.15) is 0 Å². The molecular formula is C20H19ClFN3O3S. The maximum Gasteiger partial charge on any atom is 0.325 e. The van der Waals surface area contributed by atoms with Crippen LogP contribution in [-0.4, -0.2) is 40.7 Å². The topological polar surface area (TPSA) is 69.7 Å². The molecule has 2 saturated heterocycles. The van der Waals surface area contributed by atoms with E-state index in [0.717, 1.165) is 28.7 Å². The summed E-state index contributed by atoms with van der Waals surface area (Å²) in [6.07, 6.45) is 1.73. The standard InChI is InChI=1S/C20H19ClFN3O3S/c1-20(13-7-6-12(22)10-14(13)21)18(27)25(19(28)23-20)11-17(26)24-8-2-4-15(24)16-5-3-9-29-16/h3,5-7,9-10,15H,2,4,8,11H2,1H3,(H,23,28). The van der Waals surface area contributed by atoms with Crippen LogP contribution in [0.3, 0.4) is 0 Å². The molecule has 6 nitrogen and oxygen atoms in total. The van der Waals surface area contributed by atoms with E-state index >= 15 is 0 Å². The van der Waals surface area contributed by atoms with Crippen molar-refractivity contribution in [1.82, 2.24) is 15.1 Å². The lowest BCUT2D eigenvalue weighted by Gasteiger charge is -2.26. The van der Waals surface area contributed by atoms with Gasteiger partial charge in [-0.15, -0.1) is 11.3 Å². The molecule has 0 saturated carbocycles. The Hall–Kier alpha value is -2.45. The van der Waals surface area contributed by atoms with Crippen molar-refractivity contribution in [3.8, 4) is 0 Å². The highest BCUT2D eigenvalue weighted by Gasteiger charge is 2.51. The number of carbonyl (C=O) groups is 3. The molecule has 9 heteroatoms. The van der Waals surface area contributed by atoms with E-state index in [1.54, 1.807) is 16.2 Å². The number of amides is 4. The van der Waals surface area contributed by atoms with E-state index in [-0.39, 0.29) is 29.1 Å². The Morgan fingerprint density at radius 3 is 2.86 bits per heavy atom. The van der Waals surface area contributed by atoms with Crippen molar-refractivity contribution in [2.45, 2.75) is 31.3 Å². The SMILES string of the molecule is CC1(c2ccc(F)cc2Cl)NC(=O)N(CC(=O)N2CCCC2c2cccs2)C1=O. The van der Waals surface area contributed by atoms with Gasteiger partial charge in [0.1, 0.15) is 17.9 Å². The Bertz CT molecular complexity index is 983. The van der Waals surface area contributed by atoms with E-state index in [1.807, 2.05) is 17.5 Å². The molecule has 2 aliphatic rings. The van der Waals surface area contributed by atoms with Gasteiger partial charge in [0, 0.05) is 22.0 Å². The van der Waals surface area contributed by atoms with Crippen LogP contribution in [0, 0.1) is 5.82 Å². The fraction of sp³-hybridized carbons (Fsp3) is 0.350. The second kappa shape index (κ2) is 7.42. The predicted molar refractivity (Wildman–Crippen MR) is 107 cm³/mol. The summed E-state index contributed by atoms with van der Waals surface area (Å²) in [5.41, 5.74) is -1.17. The number of rotatable bonds is 4. The van der Waals surface area contributed by atoms with E-state index in [2.05, 4.69) is 5.32 Å². The molecule has 2 aliphatic heterocycles. The van der Waals surface area contributed by atoms with Gasteiger partial charge in [0.15, 0.2) is 0 Å². The van der Waals surface area contributed by atoms with Crippen molar-refractivity contribution < 1.29 is 18.8 Å².